The number of fused-ring (bicyclic) bond motifs is 3. The van der Waals surface area contributed by atoms with Crippen molar-refractivity contribution in [3.8, 4) is 0 Å². The Balaban J connectivity index is 1.83. The fourth-order valence-corrected chi connectivity index (χ4v) is 5.02. The summed E-state index contributed by atoms with van der Waals surface area (Å²) in [5.41, 5.74) is 7.00. The third kappa shape index (κ3) is 8.48. The van der Waals surface area contributed by atoms with E-state index < -0.39 is 29.9 Å². The van der Waals surface area contributed by atoms with Gasteiger partial charge >= 0.3 is 0 Å². The van der Waals surface area contributed by atoms with Gasteiger partial charge in [0.05, 0.1) is 6.42 Å². The molecule has 10 nitrogen and oxygen atoms in total. The van der Waals surface area contributed by atoms with Crippen molar-refractivity contribution in [2.75, 3.05) is 12.3 Å². The number of rotatable bonds is 6. The predicted octanol–water partition coefficient (Wildman–Crippen LogP) is 0.575. The SMILES string of the molecule is NC(=O)[C@H]1CCC(=O)N2CCC[C@@H]2C(=O)N[C@@H](CCCCCS)C(=O)NCc2cccc(c2)CC(=O)N1. The van der Waals surface area contributed by atoms with Crippen LogP contribution in [0.25, 0.3) is 0 Å². The molecule has 0 spiro atoms. The number of carbonyl (C=O) groups is 5. The standard InChI is InChI=1S/C26H37N5O5S/c27-24(34)19-10-11-23(33)31-12-5-9-21(31)26(36)30-20(8-2-1-3-13-37)25(35)28-16-18-7-4-6-17(14-18)15-22(32)29-19/h4,6-7,14,19-21,37H,1-3,5,8-13,15-16H2,(H2,27,34)(H,28,35)(H,29,32)(H,30,36)/t19-,20+,21-/m1/s1. The zero-order chi connectivity index (χ0) is 26.8. The summed E-state index contributed by atoms with van der Waals surface area (Å²) in [6.45, 7) is 0.646. The molecule has 37 heavy (non-hydrogen) atoms. The van der Waals surface area contributed by atoms with E-state index in [1.165, 1.54) is 4.90 Å². The molecule has 11 heteroatoms. The van der Waals surface area contributed by atoms with Crippen molar-refractivity contribution in [3.63, 3.8) is 0 Å². The first-order valence-electron chi connectivity index (χ1n) is 12.9. The maximum absolute atomic E-state index is 13.2. The van der Waals surface area contributed by atoms with Crippen LogP contribution < -0.4 is 21.7 Å². The molecular formula is C26H37N5O5S. The van der Waals surface area contributed by atoms with Gasteiger partial charge in [0.25, 0.3) is 0 Å². The molecule has 202 valence electrons. The van der Waals surface area contributed by atoms with Crippen LogP contribution in [-0.2, 0) is 36.9 Å². The monoisotopic (exact) mass is 531 g/mol. The first-order chi connectivity index (χ1) is 17.8. The third-order valence-electron chi connectivity index (χ3n) is 6.81. The van der Waals surface area contributed by atoms with E-state index in [-0.39, 0.29) is 43.5 Å². The summed E-state index contributed by atoms with van der Waals surface area (Å²) in [4.78, 5) is 65.3. The minimum Gasteiger partial charge on any atom is -0.368 e. The maximum atomic E-state index is 13.2. The van der Waals surface area contributed by atoms with Gasteiger partial charge in [-0.15, -0.1) is 0 Å². The number of hydrogen-bond donors (Lipinski definition) is 5. The highest BCUT2D eigenvalue weighted by molar-refractivity contribution is 7.80. The second-order valence-corrected chi connectivity index (χ2v) is 10.1. The Bertz CT molecular complexity index is 1000. The average molecular weight is 532 g/mol. The molecule has 1 saturated heterocycles. The second kappa shape index (κ2) is 14.0. The van der Waals surface area contributed by atoms with Crippen LogP contribution in [0.5, 0.6) is 0 Å². The third-order valence-corrected chi connectivity index (χ3v) is 7.12. The summed E-state index contributed by atoms with van der Waals surface area (Å²) < 4.78 is 0. The van der Waals surface area contributed by atoms with Crippen molar-refractivity contribution in [1.29, 1.82) is 0 Å². The fourth-order valence-electron chi connectivity index (χ4n) is 4.80. The molecule has 2 heterocycles. The van der Waals surface area contributed by atoms with Gasteiger partial charge in [0, 0.05) is 19.5 Å². The lowest BCUT2D eigenvalue weighted by molar-refractivity contribution is -0.140. The van der Waals surface area contributed by atoms with E-state index in [0.717, 1.165) is 30.6 Å². The van der Waals surface area contributed by atoms with E-state index >= 15 is 0 Å². The molecule has 2 bridgehead atoms. The van der Waals surface area contributed by atoms with Crippen molar-refractivity contribution in [2.45, 2.75) is 82.5 Å². The van der Waals surface area contributed by atoms with Gasteiger partial charge in [-0.2, -0.15) is 12.6 Å². The molecule has 2 aliphatic rings. The molecule has 0 saturated carbocycles. The number of nitrogens with zero attached hydrogens (tertiary/aromatic N) is 1. The van der Waals surface area contributed by atoms with Gasteiger partial charge in [0.15, 0.2) is 0 Å². The van der Waals surface area contributed by atoms with E-state index in [9.17, 15) is 24.0 Å². The molecule has 3 atom stereocenters. The number of nitrogens with one attached hydrogen (secondary N) is 3. The maximum Gasteiger partial charge on any atom is 0.243 e. The number of primary amides is 1. The molecule has 5 N–H and O–H groups in total. The van der Waals surface area contributed by atoms with E-state index in [4.69, 9.17) is 5.73 Å². The number of unbranched alkanes of at least 4 members (excludes halogenated alkanes) is 2. The molecular weight excluding hydrogens is 494 g/mol. The van der Waals surface area contributed by atoms with E-state index in [0.29, 0.717) is 31.4 Å². The average Bonchev–Trinajstić information content (AvgIpc) is 3.36. The Kier molecular flexibility index (Phi) is 10.8. The van der Waals surface area contributed by atoms with Crippen LogP contribution in [0.15, 0.2) is 24.3 Å². The first kappa shape index (κ1) is 28.5. The van der Waals surface area contributed by atoms with Crippen LogP contribution in [0.3, 0.4) is 0 Å². The van der Waals surface area contributed by atoms with Crippen LogP contribution in [0.4, 0.5) is 0 Å². The Morgan fingerprint density at radius 2 is 1.81 bits per heavy atom. The van der Waals surface area contributed by atoms with Crippen molar-refractivity contribution >= 4 is 42.2 Å². The second-order valence-electron chi connectivity index (χ2n) is 9.65. The molecule has 2 aliphatic heterocycles. The number of amides is 5. The Labute approximate surface area is 222 Å². The molecule has 1 aromatic rings. The van der Waals surface area contributed by atoms with Gasteiger partial charge in [-0.3, -0.25) is 24.0 Å². The smallest absolute Gasteiger partial charge is 0.243 e. The van der Waals surface area contributed by atoms with Gasteiger partial charge in [-0.1, -0.05) is 37.1 Å². The molecule has 0 radical (unpaired) electrons. The highest BCUT2D eigenvalue weighted by Crippen LogP contribution is 2.20. The lowest BCUT2D eigenvalue weighted by Crippen LogP contribution is -2.53. The van der Waals surface area contributed by atoms with Gasteiger partial charge in [0.2, 0.25) is 29.5 Å². The Morgan fingerprint density at radius 3 is 2.57 bits per heavy atom. The quantitative estimate of drug-likeness (QED) is 0.269. The zero-order valence-electron chi connectivity index (χ0n) is 21.0. The normalized spacial score (nSPS) is 23.8. The minimum atomic E-state index is -0.991. The lowest BCUT2D eigenvalue weighted by Gasteiger charge is -2.27. The predicted molar refractivity (Wildman–Crippen MR) is 141 cm³/mol. The molecule has 1 aromatic carbocycles. The molecule has 0 aliphatic carbocycles. The number of hydrogen-bond acceptors (Lipinski definition) is 6. The highest BCUT2D eigenvalue weighted by Gasteiger charge is 2.36. The van der Waals surface area contributed by atoms with E-state index in [1.807, 2.05) is 12.1 Å². The molecule has 5 amide bonds. The minimum absolute atomic E-state index is 0.0253. The number of thiol groups is 1. The summed E-state index contributed by atoms with van der Waals surface area (Å²) in [6, 6.07) is 4.82. The number of benzene rings is 1. The Hall–Kier alpha value is -3.08. The van der Waals surface area contributed by atoms with E-state index in [1.54, 1.807) is 12.1 Å². The van der Waals surface area contributed by atoms with Gasteiger partial charge in [-0.05, 0) is 49.0 Å². The summed E-state index contributed by atoms with van der Waals surface area (Å²) in [5, 5.41) is 8.40. The van der Waals surface area contributed by atoms with Gasteiger partial charge in [0.1, 0.15) is 18.1 Å². The number of carbonyl (C=O) groups excluding carboxylic acids is 5. The van der Waals surface area contributed by atoms with Crippen molar-refractivity contribution < 1.29 is 24.0 Å². The summed E-state index contributed by atoms with van der Waals surface area (Å²) >= 11 is 4.23. The van der Waals surface area contributed by atoms with Crippen molar-refractivity contribution in [1.82, 2.24) is 20.9 Å². The zero-order valence-corrected chi connectivity index (χ0v) is 21.9. The van der Waals surface area contributed by atoms with Gasteiger partial charge < -0.3 is 26.6 Å². The fraction of sp³-hybridized carbons (Fsp3) is 0.577. The summed E-state index contributed by atoms with van der Waals surface area (Å²) in [6.07, 6.45) is 4.23. The highest BCUT2D eigenvalue weighted by atomic mass is 32.1. The Morgan fingerprint density at radius 1 is 1.03 bits per heavy atom. The van der Waals surface area contributed by atoms with Crippen LogP contribution >= 0.6 is 12.6 Å². The summed E-state index contributed by atoms with van der Waals surface area (Å²) in [7, 11) is 0. The topological polar surface area (TPSA) is 151 Å². The molecule has 0 aromatic heterocycles. The van der Waals surface area contributed by atoms with Crippen LogP contribution in [-0.4, -0.2) is 64.9 Å². The first-order valence-corrected chi connectivity index (χ1v) is 13.6. The van der Waals surface area contributed by atoms with Crippen molar-refractivity contribution in [2.24, 2.45) is 5.73 Å². The van der Waals surface area contributed by atoms with Gasteiger partial charge in [-0.25, -0.2) is 0 Å². The molecule has 3 rings (SSSR count). The van der Waals surface area contributed by atoms with Crippen molar-refractivity contribution in [3.05, 3.63) is 35.4 Å². The molecule has 1 fully saturated rings. The largest absolute Gasteiger partial charge is 0.368 e. The van der Waals surface area contributed by atoms with E-state index in [2.05, 4.69) is 28.6 Å². The molecule has 0 unspecified atom stereocenters. The van der Waals surface area contributed by atoms with Crippen LogP contribution in [0.1, 0.15) is 62.5 Å². The van der Waals surface area contributed by atoms with Crippen LogP contribution in [0, 0.1) is 0 Å². The number of nitrogens with two attached hydrogens (primary N) is 1. The lowest BCUT2D eigenvalue weighted by atomic mass is 10.0. The van der Waals surface area contributed by atoms with Crippen LogP contribution in [0.2, 0.25) is 0 Å². The summed E-state index contributed by atoms with van der Waals surface area (Å²) in [5.74, 6) is -1.29.